The number of hydrogen-bond acceptors (Lipinski definition) is 3. The van der Waals surface area contributed by atoms with Crippen LogP contribution in [0.4, 0.5) is 4.39 Å². The summed E-state index contributed by atoms with van der Waals surface area (Å²) >= 11 is 1.68. The van der Waals surface area contributed by atoms with Crippen molar-refractivity contribution in [3.05, 3.63) is 52.0 Å². The third kappa shape index (κ3) is 3.33. The van der Waals surface area contributed by atoms with Gasteiger partial charge in [0.25, 0.3) is 0 Å². The van der Waals surface area contributed by atoms with E-state index in [4.69, 9.17) is 4.74 Å². The molecule has 102 valence electrons. The topological polar surface area (TPSA) is 21.3 Å². The maximum absolute atomic E-state index is 13.4. The van der Waals surface area contributed by atoms with E-state index in [1.165, 1.54) is 17.7 Å². The molecule has 2 unspecified atom stereocenters. The average Bonchev–Trinajstić information content (AvgIpc) is 2.92. The molecule has 19 heavy (non-hydrogen) atoms. The smallest absolute Gasteiger partial charge is 0.123 e. The molecule has 2 atom stereocenters. The number of benzene rings is 1. The molecule has 0 fully saturated rings. The summed E-state index contributed by atoms with van der Waals surface area (Å²) in [6, 6.07) is 6.93. The van der Waals surface area contributed by atoms with Crippen molar-refractivity contribution < 1.29 is 9.13 Å². The van der Waals surface area contributed by atoms with E-state index in [-0.39, 0.29) is 17.9 Å². The SMILES string of the molecule is COc1ccc(F)cc1C(C)NC(C)c1ccsc1. The third-order valence-electron chi connectivity index (χ3n) is 3.20. The molecule has 1 aromatic heterocycles. The lowest BCUT2D eigenvalue weighted by atomic mass is 10.0. The second kappa shape index (κ2) is 6.17. The Bertz CT molecular complexity index is 527. The number of ether oxygens (including phenoxy) is 1. The first kappa shape index (κ1) is 14.0. The van der Waals surface area contributed by atoms with Gasteiger partial charge in [-0.25, -0.2) is 4.39 Å². The molecule has 1 heterocycles. The van der Waals surface area contributed by atoms with Crippen LogP contribution in [-0.4, -0.2) is 7.11 Å². The molecular formula is C15H18FNOS. The van der Waals surface area contributed by atoms with Crippen LogP contribution >= 0.6 is 11.3 Å². The van der Waals surface area contributed by atoms with Gasteiger partial charge >= 0.3 is 0 Å². The first-order valence-corrected chi connectivity index (χ1v) is 7.17. The van der Waals surface area contributed by atoms with Crippen LogP contribution in [0.25, 0.3) is 0 Å². The van der Waals surface area contributed by atoms with Crippen LogP contribution in [-0.2, 0) is 0 Å². The minimum atomic E-state index is -0.243. The van der Waals surface area contributed by atoms with Gasteiger partial charge < -0.3 is 10.1 Å². The Morgan fingerprint density at radius 3 is 2.63 bits per heavy atom. The first-order chi connectivity index (χ1) is 9.11. The van der Waals surface area contributed by atoms with Crippen molar-refractivity contribution in [2.24, 2.45) is 0 Å². The molecule has 0 amide bonds. The van der Waals surface area contributed by atoms with Gasteiger partial charge in [0, 0.05) is 17.6 Å². The van der Waals surface area contributed by atoms with E-state index in [0.717, 1.165) is 5.56 Å². The van der Waals surface area contributed by atoms with Crippen LogP contribution in [0.1, 0.15) is 37.1 Å². The lowest BCUT2D eigenvalue weighted by Gasteiger charge is -2.21. The highest BCUT2D eigenvalue weighted by Gasteiger charge is 2.15. The normalized spacial score (nSPS) is 14.1. The predicted octanol–water partition coefficient (Wildman–Crippen LogP) is 4.31. The summed E-state index contributed by atoms with van der Waals surface area (Å²) in [7, 11) is 1.60. The van der Waals surface area contributed by atoms with Crippen LogP contribution in [0, 0.1) is 5.82 Å². The maximum Gasteiger partial charge on any atom is 0.123 e. The highest BCUT2D eigenvalue weighted by molar-refractivity contribution is 7.07. The number of halogens is 1. The van der Waals surface area contributed by atoms with Gasteiger partial charge in [-0.05, 0) is 54.4 Å². The van der Waals surface area contributed by atoms with Gasteiger partial charge in [0.1, 0.15) is 11.6 Å². The Labute approximate surface area is 117 Å². The zero-order valence-electron chi connectivity index (χ0n) is 11.3. The summed E-state index contributed by atoms with van der Waals surface area (Å²) in [4.78, 5) is 0. The number of methoxy groups -OCH3 is 1. The molecule has 1 aromatic carbocycles. The largest absolute Gasteiger partial charge is 0.496 e. The van der Waals surface area contributed by atoms with Crippen molar-refractivity contribution in [3.63, 3.8) is 0 Å². The van der Waals surface area contributed by atoms with Crippen LogP contribution < -0.4 is 10.1 Å². The van der Waals surface area contributed by atoms with E-state index in [2.05, 4.69) is 29.1 Å². The zero-order chi connectivity index (χ0) is 13.8. The Balaban J connectivity index is 2.15. The van der Waals surface area contributed by atoms with Crippen LogP contribution in [0.15, 0.2) is 35.0 Å². The molecular weight excluding hydrogens is 261 g/mol. The summed E-state index contributed by atoms with van der Waals surface area (Å²) in [5.74, 6) is 0.464. The molecule has 0 aliphatic rings. The molecule has 0 radical (unpaired) electrons. The number of thiophene rings is 1. The molecule has 2 aromatic rings. The van der Waals surface area contributed by atoms with Crippen molar-refractivity contribution in [3.8, 4) is 5.75 Å². The molecule has 0 saturated carbocycles. The van der Waals surface area contributed by atoms with Gasteiger partial charge in [-0.15, -0.1) is 0 Å². The molecule has 0 spiro atoms. The van der Waals surface area contributed by atoms with Gasteiger partial charge in [-0.3, -0.25) is 0 Å². The fourth-order valence-corrected chi connectivity index (χ4v) is 2.88. The van der Waals surface area contributed by atoms with Gasteiger partial charge in [-0.2, -0.15) is 11.3 Å². The fraction of sp³-hybridized carbons (Fsp3) is 0.333. The molecule has 4 heteroatoms. The highest BCUT2D eigenvalue weighted by atomic mass is 32.1. The lowest BCUT2D eigenvalue weighted by molar-refractivity contribution is 0.395. The summed E-state index contributed by atoms with van der Waals surface area (Å²) in [6.45, 7) is 4.12. The van der Waals surface area contributed by atoms with E-state index >= 15 is 0 Å². The minimum absolute atomic E-state index is 0.0144. The Hall–Kier alpha value is -1.39. The number of hydrogen-bond donors (Lipinski definition) is 1. The van der Waals surface area contributed by atoms with Crippen molar-refractivity contribution in [1.29, 1.82) is 0 Å². The Kier molecular flexibility index (Phi) is 4.56. The minimum Gasteiger partial charge on any atom is -0.496 e. The van der Waals surface area contributed by atoms with Crippen molar-refractivity contribution in [1.82, 2.24) is 5.32 Å². The maximum atomic E-state index is 13.4. The van der Waals surface area contributed by atoms with E-state index in [1.807, 2.05) is 6.92 Å². The van der Waals surface area contributed by atoms with E-state index in [1.54, 1.807) is 24.5 Å². The van der Waals surface area contributed by atoms with Gasteiger partial charge in [-0.1, -0.05) is 0 Å². The molecule has 2 rings (SSSR count). The molecule has 0 bridgehead atoms. The summed E-state index contributed by atoms with van der Waals surface area (Å²) in [5, 5.41) is 7.64. The number of rotatable bonds is 5. The molecule has 2 nitrogen and oxygen atoms in total. The van der Waals surface area contributed by atoms with Crippen LogP contribution in [0.5, 0.6) is 5.75 Å². The van der Waals surface area contributed by atoms with Crippen LogP contribution in [0.2, 0.25) is 0 Å². The lowest BCUT2D eigenvalue weighted by Crippen LogP contribution is -2.22. The molecule has 1 N–H and O–H groups in total. The predicted molar refractivity (Wildman–Crippen MR) is 77.2 cm³/mol. The van der Waals surface area contributed by atoms with E-state index < -0.39 is 0 Å². The molecule has 0 aliphatic heterocycles. The first-order valence-electron chi connectivity index (χ1n) is 6.23. The summed E-state index contributed by atoms with van der Waals surface area (Å²) in [5.41, 5.74) is 2.08. The number of nitrogens with one attached hydrogen (secondary N) is 1. The summed E-state index contributed by atoms with van der Waals surface area (Å²) in [6.07, 6.45) is 0. The quantitative estimate of drug-likeness (QED) is 0.880. The van der Waals surface area contributed by atoms with Gasteiger partial charge in [0.15, 0.2) is 0 Å². The Morgan fingerprint density at radius 1 is 1.21 bits per heavy atom. The van der Waals surface area contributed by atoms with Crippen molar-refractivity contribution in [2.75, 3.05) is 7.11 Å². The van der Waals surface area contributed by atoms with Crippen LogP contribution in [0.3, 0.4) is 0 Å². The van der Waals surface area contributed by atoms with E-state index in [9.17, 15) is 4.39 Å². The average molecular weight is 279 g/mol. The highest BCUT2D eigenvalue weighted by Crippen LogP contribution is 2.28. The van der Waals surface area contributed by atoms with Crippen molar-refractivity contribution in [2.45, 2.75) is 25.9 Å². The van der Waals surface area contributed by atoms with Crippen molar-refractivity contribution >= 4 is 11.3 Å². The third-order valence-corrected chi connectivity index (χ3v) is 3.90. The summed E-state index contributed by atoms with van der Waals surface area (Å²) < 4.78 is 18.7. The molecule has 0 aliphatic carbocycles. The second-order valence-corrected chi connectivity index (χ2v) is 5.33. The monoisotopic (exact) mass is 279 g/mol. The van der Waals surface area contributed by atoms with E-state index in [0.29, 0.717) is 5.75 Å². The second-order valence-electron chi connectivity index (χ2n) is 4.55. The fourth-order valence-electron chi connectivity index (χ4n) is 2.13. The van der Waals surface area contributed by atoms with Gasteiger partial charge in [0.2, 0.25) is 0 Å². The molecule has 0 saturated heterocycles. The van der Waals surface area contributed by atoms with Gasteiger partial charge in [0.05, 0.1) is 7.11 Å². The standard InChI is InChI=1S/C15H18FNOS/c1-10(12-6-7-19-9-12)17-11(2)14-8-13(16)4-5-15(14)18-3/h4-11,17H,1-3H3. The zero-order valence-corrected chi connectivity index (χ0v) is 12.1. The Morgan fingerprint density at radius 2 is 2.00 bits per heavy atom.